The number of fused-ring (bicyclic) bond motifs is 1. The minimum Gasteiger partial charge on any atom is -0.444 e. The molecule has 3 rings (SSSR count). The maximum atomic E-state index is 11.7. The van der Waals surface area contributed by atoms with Crippen LogP contribution < -0.4 is 10.6 Å². The highest BCUT2D eigenvalue weighted by molar-refractivity contribution is 6.34. The number of hydrogen-bond acceptors (Lipinski definition) is 5. The number of ether oxygens (including phenoxy) is 1. The van der Waals surface area contributed by atoms with Crippen molar-refractivity contribution in [3.63, 3.8) is 0 Å². The lowest BCUT2D eigenvalue weighted by Crippen LogP contribution is -2.33. The van der Waals surface area contributed by atoms with Gasteiger partial charge in [-0.05, 0) is 52.3 Å². The van der Waals surface area contributed by atoms with Crippen LogP contribution in [-0.2, 0) is 4.74 Å². The molecule has 158 valence electrons. The highest BCUT2D eigenvalue weighted by Gasteiger charge is 2.15. The van der Waals surface area contributed by atoms with E-state index >= 15 is 0 Å². The summed E-state index contributed by atoms with van der Waals surface area (Å²) in [6, 6.07) is 13.9. The van der Waals surface area contributed by atoms with Crippen LogP contribution in [0.5, 0.6) is 0 Å². The predicted molar refractivity (Wildman–Crippen MR) is 122 cm³/mol. The summed E-state index contributed by atoms with van der Waals surface area (Å²) in [4.78, 5) is 20.8. The fourth-order valence-electron chi connectivity index (χ4n) is 2.87. The Morgan fingerprint density at radius 3 is 2.50 bits per heavy atom. The molecule has 3 aromatic rings. The van der Waals surface area contributed by atoms with Crippen molar-refractivity contribution in [2.24, 2.45) is 0 Å². The average Bonchev–Trinajstić information content (AvgIpc) is 2.66. The minimum absolute atomic E-state index is 0.405. The van der Waals surface area contributed by atoms with E-state index in [0.717, 1.165) is 34.4 Å². The molecule has 0 fully saturated rings. The largest absolute Gasteiger partial charge is 0.444 e. The molecule has 2 N–H and O–H groups in total. The van der Waals surface area contributed by atoms with Crippen LogP contribution in [0.2, 0.25) is 5.15 Å². The average molecular weight is 427 g/mol. The molecule has 0 saturated heterocycles. The zero-order valence-corrected chi connectivity index (χ0v) is 18.5. The van der Waals surface area contributed by atoms with Crippen molar-refractivity contribution < 1.29 is 9.53 Å². The first-order chi connectivity index (χ1) is 14.2. The van der Waals surface area contributed by atoms with Crippen LogP contribution in [0.3, 0.4) is 0 Å². The molecular formula is C23H27ClN4O2. The van der Waals surface area contributed by atoms with Crippen LogP contribution in [0.15, 0.2) is 42.5 Å². The lowest BCUT2D eigenvalue weighted by Gasteiger charge is -2.19. The lowest BCUT2D eigenvalue weighted by atomic mass is 10.1. The molecule has 0 saturated carbocycles. The van der Waals surface area contributed by atoms with Crippen LogP contribution in [0.1, 0.15) is 32.8 Å². The molecule has 1 aromatic carbocycles. The first-order valence-electron chi connectivity index (χ1n) is 9.96. The first kappa shape index (κ1) is 21.8. The number of nitrogens with one attached hydrogen (secondary N) is 2. The number of carbonyl (C=O) groups is 1. The van der Waals surface area contributed by atoms with Crippen molar-refractivity contribution in [3.05, 3.63) is 53.2 Å². The van der Waals surface area contributed by atoms with E-state index in [1.165, 1.54) is 5.56 Å². The molecule has 6 nitrogen and oxygen atoms in total. The van der Waals surface area contributed by atoms with Crippen LogP contribution in [0.25, 0.3) is 22.2 Å². The number of carbonyl (C=O) groups excluding carboxylic acids is 1. The third-order valence-corrected chi connectivity index (χ3v) is 4.60. The van der Waals surface area contributed by atoms with Gasteiger partial charge in [-0.3, -0.25) is 0 Å². The Balaban J connectivity index is 1.62. The van der Waals surface area contributed by atoms with E-state index in [0.29, 0.717) is 18.2 Å². The van der Waals surface area contributed by atoms with Gasteiger partial charge in [-0.25, -0.2) is 14.8 Å². The molecule has 0 bridgehead atoms. The summed E-state index contributed by atoms with van der Waals surface area (Å²) in [6.07, 6.45) is 0.335. The molecular weight excluding hydrogens is 400 g/mol. The summed E-state index contributed by atoms with van der Waals surface area (Å²) in [5.41, 5.74) is 3.26. The molecule has 0 aliphatic rings. The number of benzene rings is 1. The number of halogens is 1. The Morgan fingerprint density at radius 2 is 1.80 bits per heavy atom. The van der Waals surface area contributed by atoms with E-state index < -0.39 is 11.7 Å². The second-order valence-electron chi connectivity index (χ2n) is 8.14. The molecule has 1 amide bonds. The van der Waals surface area contributed by atoms with Gasteiger partial charge in [0.05, 0.1) is 11.2 Å². The molecule has 2 aromatic heterocycles. The van der Waals surface area contributed by atoms with Crippen LogP contribution in [0, 0.1) is 6.92 Å². The predicted octanol–water partition coefficient (Wildman–Crippen LogP) is 5.59. The molecule has 30 heavy (non-hydrogen) atoms. The van der Waals surface area contributed by atoms with Crippen molar-refractivity contribution in [3.8, 4) is 11.3 Å². The van der Waals surface area contributed by atoms with E-state index in [-0.39, 0.29) is 0 Å². The number of hydrogen-bond donors (Lipinski definition) is 2. The number of anilines is 1. The second kappa shape index (κ2) is 9.30. The maximum absolute atomic E-state index is 11.7. The standard InChI is InChI=1S/C23H27ClN4O2/c1-15-6-8-16(9-7-15)18-14-19-17(21(24)28-18)10-11-20(27-19)25-12-5-13-26-22(29)30-23(2,3)4/h6-11,14H,5,12-13H2,1-4H3,(H,25,27)(H,26,29). The van der Waals surface area contributed by atoms with Crippen molar-refractivity contribution in [2.45, 2.75) is 39.7 Å². The second-order valence-corrected chi connectivity index (χ2v) is 8.49. The van der Waals surface area contributed by atoms with Crippen LogP contribution >= 0.6 is 11.6 Å². The molecule has 0 aliphatic heterocycles. The van der Waals surface area contributed by atoms with E-state index in [9.17, 15) is 4.79 Å². The van der Waals surface area contributed by atoms with Gasteiger partial charge in [0.2, 0.25) is 0 Å². The SMILES string of the molecule is Cc1ccc(-c2cc3nc(NCCCNC(=O)OC(C)(C)C)ccc3c(Cl)n2)cc1. The highest BCUT2D eigenvalue weighted by Crippen LogP contribution is 2.27. The van der Waals surface area contributed by atoms with Gasteiger partial charge in [-0.2, -0.15) is 0 Å². The van der Waals surface area contributed by atoms with Gasteiger partial charge < -0.3 is 15.4 Å². The quantitative estimate of drug-likeness (QED) is 0.397. The van der Waals surface area contributed by atoms with Crippen LogP contribution in [0.4, 0.5) is 10.6 Å². The summed E-state index contributed by atoms with van der Waals surface area (Å²) in [5, 5.41) is 7.27. The summed E-state index contributed by atoms with van der Waals surface area (Å²) in [5.74, 6) is 0.747. The Hall–Kier alpha value is -2.86. The van der Waals surface area contributed by atoms with Crippen molar-refractivity contribution in [1.82, 2.24) is 15.3 Å². The third kappa shape index (κ3) is 6.07. The number of alkyl carbamates (subject to hydrolysis) is 1. The summed E-state index contributed by atoms with van der Waals surface area (Å²) in [7, 11) is 0. The van der Waals surface area contributed by atoms with Gasteiger partial charge in [0.1, 0.15) is 16.6 Å². The van der Waals surface area contributed by atoms with Gasteiger partial charge >= 0.3 is 6.09 Å². The molecule has 2 heterocycles. The third-order valence-electron chi connectivity index (χ3n) is 4.31. The number of rotatable bonds is 6. The Morgan fingerprint density at radius 1 is 1.07 bits per heavy atom. The van der Waals surface area contributed by atoms with E-state index in [1.807, 2.05) is 70.2 Å². The Labute approximate surface area is 182 Å². The van der Waals surface area contributed by atoms with E-state index in [2.05, 4.69) is 20.6 Å². The number of amides is 1. The Bertz CT molecular complexity index is 1030. The Kier molecular flexibility index (Phi) is 6.77. The van der Waals surface area contributed by atoms with Gasteiger partial charge in [-0.1, -0.05) is 41.4 Å². The van der Waals surface area contributed by atoms with Crippen LogP contribution in [-0.4, -0.2) is 34.8 Å². The van der Waals surface area contributed by atoms with Gasteiger partial charge in [0, 0.05) is 24.0 Å². The minimum atomic E-state index is -0.495. The smallest absolute Gasteiger partial charge is 0.407 e. The molecule has 0 unspecified atom stereocenters. The number of aryl methyl sites for hydroxylation is 1. The summed E-state index contributed by atoms with van der Waals surface area (Å²) < 4.78 is 5.21. The van der Waals surface area contributed by atoms with Crippen molar-refractivity contribution >= 4 is 34.4 Å². The first-order valence-corrected chi connectivity index (χ1v) is 10.3. The van der Waals surface area contributed by atoms with E-state index in [4.69, 9.17) is 16.3 Å². The number of nitrogens with zero attached hydrogens (tertiary/aromatic N) is 2. The molecule has 0 radical (unpaired) electrons. The number of pyridine rings is 2. The van der Waals surface area contributed by atoms with Crippen molar-refractivity contribution in [2.75, 3.05) is 18.4 Å². The zero-order chi connectivity index (χ0) is 21.7. The molecule has 7 heteroatoms. The normalized spacial score (nSPS) is 11.4. The number of aromatic nitrogens is 2. The van der Waals surface area contributed by atoms with Gasteiger partial charge in [0.15, 0.2) is 0 Å². The van der Waals surface area contributed by atoms with Crippen molar-refractivity contribution in [1.29, 1.82) is 0 Å². The summed E-state index contributed by atoms with van der Waals surface area (Å²) in [6.45, 7) is 8.75. The molecule has 0 spiro atoms. The fraction of sp³-hybridized carbons (Fsp3) is 0.348. The monoisotopic (exact) mass is 426 g/mol. The van der Waals surface area contributed by atoms with Gasteiger partial charge in [0.25, 0.3) is 0 Å². The maximum Gasteiger partial charge on any atom is 0.407 e. The fourth-order valence-corrected chi connectivity index (χ4v) is 3.12. The topological polar surface area (TPSA) is 76.1 Å². The molecule has 0 aliphatic carbocycles. The highest BCUT2D eigenvalue weighted by atomic mass is 35.5. The van der Waals surface area contributed by atoms with Gasteiger partial charge in [-0.15, -0.1) is 0 Å². The van der Waals surface area contributed by atoms with E-state index in [1.54, 1.807) is 0 Å². The molecule has 0 atom stereocenters. The lowest BCUT2D eigenvalue weighted by molar-refractivity contribution is 0.0528. The zero-order valence-electron chi connectivity index (χ0n) is 17.8. The summed E-state index contributed by atoms with van der Waals surface area (Å²) >= 11 is 6.39.